The molecule has 0 heterocycles. The number of nitrogens with one attached hydrogen (secondary N) is 1. The van der Waals surface area contributed by atoms with Crippen LogP contribution in [0.15, 0.2) is 48.6 Å². The van der Waals surface area contributed by atoms with Gasteiger partial charge in [-0.25, -0.2) is 0 Å². The van der Waals surface area contributed by atoms with E-state index in [1.54, 1.807) is 6.08 Å². The van der Waals surface area contributed by atoms with Gasteiger partial charge in [-0.2, -0.15) is 0 Å². The summed E-state index contributed by atoms with van der Waals surface area (Å²) in [6.45, 7) is 4.60. The lowest BCUT2D eigenvalue weighted by Crippen LogP contribution is -2.45. The van der Waals surface area contributed by atoms with Crippen LogP contribution in [0.5, 0.6) is 0 Å². The van der Waals surface area contributed by atoms with Gasteiger partial charge in [0.1, 0.15) is 13.2 Å². The molecule has 0 spiro atoms. The average molecular weight is 949 g/mol. The lowest BCUT2D eigenvalue weighted by molar-refractivity contribution is -0.870. The fourth-order valence-corrected chi connectivity index (χ4v) is 8.79. The predicted octanol–water partition coefficient (Wildman–Crippen LogP) is 16.1. The van der Waals surface area contributed by atoms with Crippen LogP contribution >= 0.6 is 7.82 Å². The Morgan fingerprint density at radius 3 is 1.26 bits per heavy atom. The highest BCUT2D eigenvalue weighted by Gasteiger charge is 2.23. The van der Waals surface area contributed by atoms with Crippen LogP contribution in [0.4, 0.5) is 0 Å². The van der Waals surface area contributed by atoms with Gasteiger partial charge in [0, 0.05) is 6.42 Å². The predicted molar refractivity (Wildman–Crippen MR) is 284 cm³/mol. The number of aliphatic hydroxyl groups excluding tert-OH is 1. The van der Waals surface area contributed by atoms with E-state index >= 15 is 0 Å². The van der Waals surface area contributed by atoms with Gasteiger partial charge in [0.15, 0.2) is 0 Å². The van der Waals surface area contributed by atoms with Crippen molar-refractivity contribution in [1.29, 1.82) is 0 Å². The maximum absolute atomic E-state index is 12.9. The first kappa shape index (κ1) is 64.5. The molecular formula is C57H109N2O6P. The maximum atomic E-state index is 12.9. The van der Waals surface area contributed by atoms with Gasteiger partial charge < -0.3 is 28.8 Å². The Morgan fingerprint density at radius 2 is 0.848 bits per heavy atom. The molecule has 2 N–H and O–H groups in total. The molecule has 0 rings (SSSR count). The standard InChI is InChI=1S/C57H109N2O6P/c1-6-8-10-12-14-16-18-20-21-22-23-24-25-26-27-28-29-30-31-32-33-34-35-36-37-38-39-40-42-44-46-48-50-56(60)55(54-65-66(62,63)64-53-52-59(3,4)5)58-57(61)51-49-47-45-43-41-19-17-15-13-11-9-7-2/h15,17,36-37,40,42,48,50,55-56,60H,6-14,16,18-35,38-39,41,43-47,49,51-54H2,1-5H3,(H-,58,61,62,63)/b17-15-,37-36+,42-40+,50-48+. The zero-order valence-electron chi connectivity index (χ0n) is 44.1. The van der Waals surface area contributed by atoms with E-state index in [1.165, 1.54) is 173 Å². The molecule has 0 aliphatic rings. The summed E-state index contributed by atoms with van der Waals surface area (Å²) in [5.74, 6) is -0.222. The number of carbonyl (C=O) groups is 1. The van der Waals surface area contributed by atoms with Crippen LogP contribution in [-0.4, -0.2) is 68.5 Å². The van der Waals surface area contributed by atoms with Crippen LogP contribution < -0.4 is 10.2 Å². The molecule has 0 aliphatic carbocycles. The first-order valence-corrected chi connectivity index (χ1v) is 29.5. The van der Waals surface area contributed by atoms with Crippen LogP contribution in [0.2, 0.25) is 0 Å². The minimum absolute atomic E-state index is 0.0114. The zero-order valence-corrected chi connectivity index (χ0v) is 45.0. The van der Waals surface area contributed by atoms with Crippen LogP contribution in [-0.2, 0) is 18.4 Å². The van der Waals surface area contributed by atoms with Crippen molar-refractivity contribution >= 4 is 13.7 Å². The molecule has 388 valence electrons. The topological polar surface area (TPSA) is 108 Å². The molecule has 66 heavy (non-hydrogen) atoms. The Balaban J connectivity index is 4.15. The molecule has 9 heteroatoms. The third kappa shape index (κ3) is 50.3. The van der Waals surface area contributed by atoms with E-state index in [0.29, 0.717) is 17.4 Å². The van der Waals surface area contributed by atoms with E-state index in [1.807, 2.05) is 27.2 Å². The Hall–Kier alpha value is -1.54. The third-order valence-corrected chi connectivity index (χ3v) is 13.5. The van der Waals surface area contributed by atoms with Crippen molar-refractivity contribution in [3.05, 3.63) is 48.6 Å². The molecule has 3 unspecified atom stereocenters. The van der Waals surface area contributed by atoms with Crippen molar-refractivity contribution in [2.24, 2.45) is 0 Å². The first-order chi connectivity index (χ1) is 32.0. The number of phosphoric acid groups is 1. The minimum Gasteiger partial charge on any atom is -0.756 e. The Labute approximate surface area is 409 Å². The van der Waals surface area contributed by atoms with Crippen LogP contribution in [0, 0.1) is 0 Å². The second kappa shape index (κ2) is 48.5. The Kier molecular flexibility index (Phi) is 47.4. The van der Waals surface area contributed by atoms with Gasteiger partial charge in [0.05, 0.1) is 39.9 Å². The van der Waals surface area contributed by atoms with Gasteiger partial charge in [0.25, 0.3) is 7.82 Å². The van der Waals surface area contributed by atoms with Crippen molar-refractivity contribution in [2.45, 2.75) is 270 Å². The smallest absolute Gasteiger partial charge is 0.268 e. The molecule has 1 amide bonds. The summed E-state index contributed by atoms with van der Waals surface area (Å²) in [4.78, 5) is 25.3. The molecule has 8 nitrogen and oxygen atoms in total. The molecule has 0 radical (unpaired) electrons. The summed E-state index contributed by atoms with van der Waals surface area (Å²) in [5, 5.41) is 13.8. The molecule has 0 aromatic heterocycles. The van der Waals surface area contributed by atoms with E-state index < -0.39 is 26.6 Å². The maximum Gasteiger partial charge on any atom is 0.268 e. The van der Waals surface area contributed by atoms with Gasteiger partial charge >= 0.3 is 0 Å². The number of aliphatic hydroxyl groups is 1. The van der Waals surface area contributed by atoms with Crippen LogP contribution in [0.25, 0.3) is 0 Å². The molecule has 3 atom stereocenters. The van der Waals surface area contributed by atoms with Crippen LogP contribution in [0.1, 0.15) is 258 Å². The Bertz CT molecular complexity index is 1210. The molecule has 0 aromatic carbocycles. The number of likely N-dealkylation sites (N-methyl/N-ethyl adjacent to an activating group) is 1. The van der Waals surface area contributed by atoms with E-state index in [4.69, 9.17) is 9.05 Å². The monoisotopic (exact) mass is 949 g/mol. The molecule has 0 bridgehead atoms. The summed E-state index contributed by atoms with van der Waals surface area (Å²) < 4.78 is 23.2. The first-order valence-electron chi connectivity index (χ1n) is 28.0. The SMILES string of the molecule is CCCCC/C=C\CCCCCCCC(=O)NC(COP(=O)([O-])OCC[N+](C)(C)C)C(O)/C=C/CC/C=C/CC/C=C/CCCCCCCCCCCCCCCCCCCCCCCC. The lowest BCUT2D eigenvalue weighted by Gasteiger charge is -2.29. The van der Waals surface area contributed by atoms with E-state index in [2.05, 4.69) is 55.6 Å². The van der Waals surface area contributed by atoms with Crippen molar-refractivity contribution < 1.29 is 32.9 Å². The number of hydrogen-bond donors (Lipinski definition) is 2. The van der Waals surface area contributed by atoms with Crippen molar-refractivity contribution in [1.82, 2.24) is 5.32 Å². The quantitative estimate of drug-likeness (QED) is 0.0272. The van der Waals surface area contributed by atoms with Gasteiger partial charge in [-0.1, -0.05) is 229 Å². The van der Waals surface area contributed by atoms with Crippen molar-refractivity contribution in [3.8, 4) is 0 Å². The number of nitrogens with zero attached hydrogens (tertiary/aromatic N) is 1. The second-order valence-corrected chi connectivity index (χ2v) is 21.7. The highest BCUT2D eigenvalue weighted by atomic mass is 31.2. The van der Waals surface area contributed by atoms with E-state index in [0.717, 1.165) is 64.2 Å². The lowest BCUT2D eigenvalue weighted by atomic mass is 10.0. The normalized spacial score (nSPS) is 14.3. The number of allylic oxidation sites excluding steroid dienone is 7. The van der Waals surface area contributed by atoms with Gasteiger partial charge in [-0.3, -0.25) is 9.36 Å². The summed E-state index contributed by atoms with van der Waals surface area (Å²) in [6, 6.07) is -0.914. The summed E-state index contributed by atoms with van der Waals surface area (Å²) in [5.41, 5.74) is 0. The number of carbonyl (C=O) groups excluding carboxylic acids is 1. The number of amides is 1. The third-order valence-electron chi connectivity index (χ3n) is 12.5. The molecule has 0 aromatic rings. The second-order valence-electron chi connectivity index (χ2n) is 20.3. The van der Waals surface area contributed by atoms with E-state index in [-0.39, 0.29) is 12.5 Å². The number of hydrogen-bond acceptors (Lipinski definition) is 6. The van der Waals surface area contributed by atoms with E-state index in [9.17, 15) is 19.4 Å². The number of phosphoric ester groups is 1. The molecule has 0 saturated carbocycles. The van der Waals surface area contributed by atoms with Gasteiger partial charge in [-0.15, -0.1) is 0 Å². The highest BCUT2D eigenvalue weighted by Crippen LogP contribution is 2.38. The fourth-order valence-electron chi connectivity index (χ4n) is 8.06. The molecular weight excluding hydrogens is 840 g/mol. The Morgan fingerprint density at radius 1 is 0.515 bits per heavy atom. The number of rotatable bonds is 51. The van der Waals surface area contributed by atoms with Gasteiger partial charge in [0.2, 0.25) is 5.91 Å². The molecule has 0 saturated heterocycles. The largest absolute Gasteiger partial charge is 0.756 e. The minimum atomic E-state index is -4.61. The van der Waals surface area contributed by atoms with Crippen LogP contribution in [0.3, 0.4) is 0 Å². The highest BCUT2D eigenvalue weighted by molar-refractivity contribution is 7.45. The number of quaternary nitrogens is 1. The fraction of sp³-hybridized carbons (Fsp3) is 0.842. The average Bonchev–Trinajstić information content (AvgIpc) is 3.28. The molecule has 0 aliphatic heterocycles. The van der Waals surface area contributed by atoms with Crippen molar-refractivity contribution in [3.63, 3.8) is 0 Å². The zero-order chi connectivity index (χ0) is 48.5. The number of unbranched alkanes of at least 4 members (excludes halogenated alkanes) is 32. The summed E-state index contributed by atoms with van der Waals surface area (Å²) in [7, 11) is 1.23. The van der Waals surface area contributed by atoms with Crippen molar-refractivity contribution in [2.75, 3.05) is 40.9 Å². The van der Waals surface area contributed by atoms with Gasteiger partial charge in [-0.05, 0) is 70.6 Å². The summed E-state index contributed by atoms with van der Waals surface area (Å²) in [6.07, 6.45) is 63.6. The molecule has 0 fully saturated rings. The summed E-state index contributed by atoms with van der Waals surface area (Å²) >= 11 is 0.